The molecule has 35 heavy (non-hydrogen) atoms. The summed E-state index contributed by atoms with van der Waals surface area (Å²) >= 11 is 1.32. The number of aryl methyl sites for hydroxylation is 2. The van der Waals surface area contributed by atoms with Crippen LogP contribution in [0.4, 0.5) is 10.8 Å². The Hall–Kier alpha value is -3.18. The van der Waals surface area contributed by atoms with E-state index in [1.807, 2.05) is 6.92 Å². The summed E-state index contributed by atoms with van der Waals surface area (Å²) in [5, 5.41) is 3.43. The zero-order valence-corrected chi connectivity index (χ0v) is 21.7. The Labute approximate surface area is 209 Å². The molecule has 0 saturated heterocycles. The predicted octanol–water partition coefficient (Wildman–Crippen LogP) is 4.77. The van der Waals surface area contributed by atoms with Gasteiger partial charge in [0.15, 0.2) is 5.13 Å². The number of methoxy groups -OCH3 is 2. The van der Waals surface area contributed by atoms with E-state index in [0.717, 1.165) is 30.6 Å². The van der Waals surface area contributed by atoms with Crippen LogP contribution in [-0.2, 0) is 14.8 Å². The van der Waals surface area contributed by atoms with Crippen LogP contribution in [0.15, 0.2) is 35.4 Å². The van der Waals surface area contributed by atoms with E-state index in [1.165, 1.54) is 31.8 Å². The highest BCUT2D eigenvalue weighted by molar-refractivity contribution is 7.92. The summed E-state index contributed by atoms with van der Waals surface area (Å²) in [5.41, 5.74) is 2.36. The number of anilines is 2. The van der Waals surface area contributed by atoms with Crippen molar-refractivity contribution in [3.05, 3.63) is 41.7 Å². The summed E-state index contributed by atoms with van der Waals surface area (Å²) < 4.78 is 39.6. The van der Waals surface area contributed by atoms with Crippen molar-refractivity contribution in [2.75, 3.05) is 24.3 Å². The van der Waals surface area contributed by atoms with Crippen LogP contribution in [0, 0.1) is 19.8 Å². The van der Waals surface area contributed by atoms with Gasteiger partial charge in [0.1, 0.15) is 10.6 Å². The van der Waals surface area contributed by atoms with Gasteiger partial charge in [0.2, 0.25) is 11.8 Å². The van der Waals surface area contributed by atoms with Crippen LogP contribution < -0.4 is 19.5 Å². The minimum absolute atomic E-state index is 0.00612. The second-order valence-corrected chi connectivity index (χ2v) is 11.1. The van der Waals surface area contributed by atoms with E-state index in [9.17, 15) is 13.2 Å². The molecule has 1 aliphatic rings. The number of carbonyl (C=O) groups excluding carboxylic acids is 1. The monoisotopic (exact) mass is 516 g/mol. The molecule has 4 rings (SSSR count). The van der Waals surface area contributed by atoms with Gasteiger partial charge in [-0.05, 0) is 56.5 Å². The highest BCUT2D eigenvalue weighted by Crippen LogP contribution is 2.37. The van der Waals surface area contributed by atoms with Crippen molar-refractivity contribution in [1.29, 1.82) is 0 Å². The Kier molecular flexibility index (Phi) is 7.27. The lowest BCUT2D eigenvalue weighted by Gasteiger charge is -2.14. The summed E-state index contributed by atoms with van der Waals surface area (Å²) in [4.78, 5) is 21.9. The van der Waals surface area contributed by atoms with E-state index in [4.69, 9.17) is 9.47 Å². The molecule has 1 aromatic carbocycles. The van der Waals surface area contributed by atoms with Gasteiger partial charge in [0, 0.05) is 11.5 Å². The number of hydrogen-bond donors (Lipinski definition) is 2. The number of sulfonamides is 1. The van der Waals surface area contributed by atoms with Crippen molar-refractivity contribution in [2.45, 2.75) is 44.4 Å². The van der Waals surface area contributed by atoms with Crippen molar-refractivity contribution < 1.29 is 22.7 Å². The van der Waals surface area contributed by atoms with Gasteiger partial charge in [-0.25, -0.2) is 18.4 Å². The SMILES string of the molecule is COc1ccc(-c2sc(NC(=O)C3CCCC3)nc2C)cc1S(=O)(=O)Nc1cnc(OC)c(C)c1. The molecule has 186 valence electrons. The molecule has 0 spiro atoms. The van der Waals surface area contributed by atoms with Crippen LogP contribution >= 0.6 is 11.3 Å². The molecule has 2 heterocycles. The lowest BCUT2D eigenvalue weighted by atomic mass is 10.1. The summed E-state index contributed by atoms with van der Waals surface area (Å²) in [6.45, 7) is 3.61. The average Bonchev–Trinajstić information content (AvgIpc) is 3.48. The molecule has 1 aliphatic carbocycles. The van der Waals surface area contributed by atoms with Crippen LogP contribution in [0.5, 0.6) is 11.6 Å². The molecule has 1 saturated carbocycles. The maximum atomic E-state index is 13.3. The number of aromatic nitrogens is 2. The predicted molar refractivity (Wildman–Crippen MR) is 136 cm³/mol. The fourth-order valence-electron chi connectivity index (χ4n) is 4.18. The number of thiazole rings is 1. The first-order valence-electron chi connectivity index (χ1n) is 11.2. The molecular formula is C24H28N4O5S2. The third kappa shape index (κ3) is 5.40. The van der Waals surface area contributed by atoms with E-state index in [2.05, 4.69) is 20.0 Å². The first kappa shape index (κ1) is 24.9. The molecule has 2 N–H and O–H groups in total. The maximum absolute atomic E-state index is 13.3. The van der Waals surface area contributed by atoms with Crippen LogP contribution in [0.1, 0.15) is 36.9 Å². The zero-order valence-electron chi connectivity index (χ0n) is 20.0. The van der Waals surface area contributed by atoms with Gasteiger partial charge in [-0.3, -0.25) is 9.52 Å². The van der Waals surface area contributed by atoms with Gasteiger partial charge in [0.05, 0.1) is 36.7 Å². The number of rotatable bonds is 8. The molecule has 9 nitrogen and oxygen atoms in total. The molecular weight excluding hydrogens is 488 g/mol. The Balaban J connectivity index is 1.63. The van der Waals surface area contributed by atoms with Gasteiger partial charge >= 0.3 is 0 Å². The standard InChI is InChI=1S/C24H28N4O5S2/c1-14-11-18(13-25-23(14)33-4)28-35(30,31)20-12-17(9-10-19(20)32-3)21-15(2)26-24(34-21)27-22(29)16-7-5-6-8-16/h9-13,16,28H,5-8H2,1-4H3,(H,26,27,29). The lowest BCUT2D eigenvalue weighted by Crippen LogP contribution is -2.20. The van der Waals surface area contributed by atoms with Crippen molar-refractivity contribution in [3.63, 3.8) is 0 Å². The fraction of sp³-hybridized carbons (Fsp3) is 0.375. The smallest absolute Gasteiger partial charge is 0.265 e. The normalized spacial score (nSPS) is 14.1. The molecule has 0 aliphatic heterocycles. The molecule has 1 amide bonds. The Morgan fingerprint density at radius 3 is 2.51 bits per heavy atom. The molecule has 0 bridgehead atoms. The van der Waals surface area contributed by atoms with E-state index >= 15 is 0 Å². The van der Waals surface area contributed by atoms with Crippen molar-refractivity contribution in [2.24, 2.45) is 5.92 Å². The van der Waals surface area contributed by atoms with E-state index in [0.29, 0.717) is 33.5 Å². The average molecular weight is 517 g/mol. The Morgan fingerprint density at radius 1 is 1.11 bits per heavy atom. The summed E-state index contributed by atoms with van der Waals surface area (Å²) in [6, 6.07) is 6.58. The van der Waals surface area contributed by atoms with Gasteiger partial charge in [0.25, 0.3) is 10.0 Å². The molecule has 0 atom stereocenters. The third-order valence-electron chi connectivity index (χ3n) is 5.94. The zero-order chi connectivity index (χ0) is 25.2. The van der Waals surface area contributed by atoms with Crippen molar-refractivity contribution in [3.8, 4) is 22.1 Å². The van der Waals surface area contributed by atoms with Crippen LogP contribution in [0.25, 0.3) is 10.4 Å². The van der Waals surface area contributed by atoms with Crippen molar-refractivity contribution in [1.82, 2.24) is 9.97 Å². The van der Waals surface area contributed by atoms with Crippen molar-refractivity contribution >= 4 is 38.1 Å². The quantitative estimate of drug-likeness (QED) is 0.443. The second-order valence-electron chi connectivity index (χ2n) is 8.43. The minimum atomic E-state index is -4.00. The first-order valence-corrected chi connectivity index (χ1v) is 13.5. The molecule has 2 aromatic heterocycles. The van der Waals surface area contributed by atoms with Gasteiger partial charge in [-0.2, -0.15) is 0 Å². The lowest BCUT2D eigenvalue weighted by molar-refractivity contribution is -0.119. The number of amides is 1. The molecule has 0 radical (unpaired) electrons. The van der Waals surface area contributed by atoms with Gasteiger partial charge in [-0.15, -0.1) is 0 Å². The number of nitrogens with one attached hydrogen (secondary N) is 2. The van der Waals surface area contributed by atoms with Gasteiger partial charge in [-0.1, -0.05) is 24.2 Å². The number of benzene rings is 1. The molecule has 1 fully saturated rings. The van der Waals surface area contributed by atoms with Crippen LogP contribution in [-0.4, -0.2) is 38.5 Å². The third-order valence-corrected chi connectivity index (χ3v) is 8.47. The largest absolute Gasteiger partial charge is 0.495 e. The highest BCUT2D eigenvalue weighted by atomic mass is 32.2. The number of nitrogens with zero attached hydrogens (tertiary/aromatic N) is 2. The molecule has 3 aromatic rings. The molecule has 0 unspecified atom stereocenters. The minimum Gasteiger partial charge on any atom is -0.495 e. The van der Waals surface area contributed by atoms with Gasteiger partial charge < -0.3 is 14.8 Å². The van der Waals surface area contributed by atoms with E-state index in [-0.39, 0.29) is 22.5 Å². The summed E-state index contributed by atoms with van der Waals surface area (Å²) in [7, 11) is -1.08. The highest BCUT2D eigenvalue weighted by Gasteiger charge is 2.25. The Bertz CT molecular complexity index is 1350. The number of pyridine rings is 1. The van der Waals surface area contributed by atoms with E-state index in [1.54, 1.807) is 31.2 Å². The Morgan fingerprint density at radius 2 is 1.86 bits per heavy atom. The fourth-order valence-corrected chi connectivity index (χ4v) is 6.38. The molecule has 11 heteroatoms. The first-order chi connectivity index (χ1) is 16.7. The maximum Gasteiger partial charge on any atom is 0.265 e. The van der Waals surface area contributed by atoms with Crippen LogP contribution in [0.2, 0.25) is 0 Å². The summed E-state index contributed by atoms with van der Waals surface area (Å²) in [5.74, 6) is 0.649. The van der Waals surface area contributed by atoms with E-state index < -0.39 is 10.0 Å². The second kappa shape index (κ2) is 10.2. The number of hydrogen-bond acceptors (Lipinski definition) is 8. The number of ether oxygens (including phenoxy) is 2. The van der Waals surface area contributed by atoms with Crippen LogP contribution in [0.3, 0.4) is 0 Å². The number of carbonyl (C=O) groups is 1. The topological polar surface area (TPSA) is 120 Å². The summed E-state index contributed by atoms with van der Waals surface area (Å²) in [6.07, 6.45) is 5.34.